The number of hydrogen-bond donors (Lipinski definition) is 2. The number of urea groups is 1. The van der Waals surface area contributed by atoms with Gasteiger partial charge in [0.1, 0.15) is 25.8 Å². The quantitative estimate of drug-likeness (QED) is 0.324. The molecule has 0 aliphatic rings. The van der Waals surface area contributed by atoms with Gasteiger partial charge in [-0.3, -0.25) is 5.32 Å². The van der Waals surface area contributed by atoms with Gasteiger partial charge in [0.25, 0.3) is 0 Å². The summed E-state index contributed by atoms with van der Waals surface area (Å²) in [5.41, 5.74) is 1.15. The summed E-state index contributed by atoms with van der Waals surface area (Å²) in [6, 6.07) is 11.3. The zero-order chi connectivity index (χ0) is 20.6. The minimum atomic E-state index is -0.509. The van der Waals surface area contributed by atoms with Crippen molar-refractivity contribution in [2.75, 3.05) is 5.32 Å². The largest absolute Gasteiger partial charge is 0.389 e. The van der Waals surface area contributed by atoms with Crippen molar-refractivity contribution in [3.63, 3.8) is 0 Å². The summed E-state index contributed by atoms with van der Waals surface area (Å²) >= 11 is 18.1. The third-order valence-corrected chi connectivity index (χ3v) is 4.54. The number of nitrogens with one attached hydrogen (secondary N) is 2. The molecule has 3 rings (SSSR count). The Balaban J connectivity index is 1.67. The Labute approximate surface area is 181 Å². The molecule has 0 saturated heterocycles. The number of aromatic nitrogens is 3. The molecule has 1 heterocycles. The van der Waals surface area contributed by atoms with Crippen LogP contribution in [0.1, 0.15) is 5.56 Å². The van der Waals surface area contributed by atoms with Gasteiger partial charge >= 0.3 is 6.03 Å². The molecule has 0 radical (unpaired) electrons. The van der Waals surface area contributed by atoms with Crippen molar-refractivity contribution in [2.24, 2.45) is 5.16 Å². The first-order valence-electron chi connectivity index (χ1n) is 8.29. The number of nitrogens with zero attached hydrogens (tertiary/aromatic N) is 4. The summed E-state index contributed by atoms with van der Waals surface area (Å²) < 4.78 is 1.48. The predicted octanol–water partition coefficient (Wildman–Crippen LogP) is 4.59. The maximum atomic E-state index is 12.3. The summed E-state index contributed by atoms with van der Waals surface area (Å²) in [7, 11) is 0. The van der Waals surface area contributed by atoms with Crippen LogP contribution in [0.25, 0.3) is 0 Å². The lowest BCUT2D eigenvalue weighted by molar-refractivity contribution is 0.128. The van der Waals surface area contributed by atoms with E-state index in [-0.39, 0.29) is 19.0 Å². The Morgan fingerprint density at radius 1 is 1.10 bits per heavy atom. The third kappa shape index (κ3) is 6.35. The number of oxime groups is 1. The maximum Gasteiger partial charge on any atom is 0.324 e. The van der Waals surface area contributed by atoms with Crippen LogP contribution in [0.2, 0.25) is 15.1 Å². The topological polar surface area (TPSA) is 93.4 Å². The molecule has 29 heavy (non-hydrogen) atoms. The fourth-order valence-electron chi connectivity index (χ4n) is 2.23. The number of amides is 2. The predicted molar refractivity (Wildman–Crippen MR) is 112 cm³/mol. The van der Waals surface area contributed by atoms with Crippen molar-refractivity contribution in [3.8, 4) is 0 Å². The second kappa shape index (κ2) is 10.1. The molecule has 0 aliphatic carbocycles. The Morgan fingerprint density at radius 2 is 1.83 bits per heavy atom. The molecule has 0 bridgehead atoms. The van der Waals surface area contributed by atoms with Crippen LogP contribution in [0, 0.1) is 0 Å². The van der Waals surface area contributed by atoms with E-state index in [0.717, 1.165) is 0 Å². The number of benzene rings is 2. The molecular weight excluding hydrogens is 439 g/mol. The zero-order valence-corrected chi connectivity index (χ0v) is 17.1. The summed E-state index contributed by atoms with van der Waals surface area (Å²) in [4.78, 5) is 21.5. The minimum absolute atomic E-state index is 0.0276. The lowest BCUT2D eigenvalue weighted by Gasteiger charge is -2.11. The van der Waals surface area contributed by atoms with E-state index in [2.05, 4.69) is 25.9 Å². The third-order valence-electron chi connectivity index (χ3n) is 3.58. The summed E-state index contributed by atoms with van der Waals surface area (Å²) in [6.07, 6.45) is 2.86. The van der Waals surface area contributed by atoms with Crippen LogP contribution in [0.4, 0.5) is 10.5 Å². The lowest BCUT2D eigenvalue weighted by Crippen LogP contribution is -2.37. The average Bonchev–Trinajstić information content (AvgIpc) is 3.19. The second-order valence-corrected chi connectivity index (χ2v) is 6.94. The number of anilines is 1. The number of rotatable bonds is 6. The molecule has 0 spiro atoms. The van der Waals surface area contributed by atoms with E-state index in [0.29, 0.717) is 26.3 Å². The number of carbonyl (C=O) groups excluding carboxylic acids is 1. The van der Waals surface area contributed by atoms with Gasteiger partial charge in [0.05, 0.1) is 0 Å². The van der Waals surface area contributed by atoms with E-state index in [4.69, 9.17) is 39.6 Å². The monoisotopic (exact) mass is 452 g/mol. The first-order valence-corrected chi connectivity index (χ1v) is 9.42. The van der Waals surface area contributed by atoms with Gasteiger partial charge < -0.3 is 10.2 Å². The van der Waals surface area contributed by atoms with Crippen LogP contribution < -0.4 is 10.6 Å². The highest BCUT2D eigenvalue weighted by molar-refractivity contribution is 6.36. The Morgan fingerprint density at radius 3 is 2.48 bits per heavy atom. The van der Waals surface area contributed by atoms with Gasteiger partial charge in [-0.15, -0.1) is 0 Å². The van der Waals surface area contributed by atoms with Gasteiger partial charge in [-0.2, -0.15) is 5.10 Å². The highest BCUT2D eigenvalue weighted by atomic mass is 35.5. The number of halogens is 3. The molecule has 0 saturated carbocycles. The van der Waals surface area contributed by atoms with Crippen LogP contribution in [-0.2, 0) is 18.0 Å². The Hall–Kier alpha value is -2.81. The normalized spacial score (nSPS) is 11.2. The molecule has 0 atom stereocenters. The second-order valence-electron chi connectivity index (χ2n) is 5.69. The smallest absolute Gasteiger partial charge is 0.324 e. The molecule has 2 aromatic carbocycles. The first kappa shape index (κ1) is 20.9. The molecule has 8 nitrogen and oxygen atoms in total. The van der Waals surface area contributed by atoms with Gasteiger partial charge in [-0.25, -0.2) is 14.5 Å². The molecule has 0 unspecified atom stereocenters. The molecule has 2 N–H and O–H groups in total. The number of hydrogen-bond acceptors (Lipinski definition) is 5. The minimum Gasteiger partial charge on any atom is -0.389 e. The van der Waals surface area contributed by atoms with Gasteiger partial charge in [-0.05, 0) is 36.4 Å². The summed E-state index contributed by atoms with van der Waals surface area (Å²) in [6.45, 7) is 0.157. The average molecular weight is 454 g/mol. The van der Waals surface area contributed by atoms with Crippen molar-refractivity contribution in [1.82, 2.24) is 20.1 Å². The van der Waals surface area contributed by atoms with Gasteiger partial charge in [0.2, 0.25) is 0 Å². The van der Waals surface area contributed by atoms with E-state index >= 15 is 0 Å². The molecule has 0 fully saturated rings. The number of amidine groups is 1. The summed E-state index contributed by atoms with van der Waals surface area (Å²) in [5.74, 6) is 0.199. The van der Waals surface area contributed by atoms with E-state index in [1.807, 2.05) is 0 Å². The Kier molecular flexibility index (Phi) is 7.29. The molecule has 0 aliphatic heterocycles. The highest BCUT2D eigenvalue weighted by Gasteiger charge is 2.10. The standard InChI is InChI=1S/C18H15Cl3N6O2/c19-12-4-6-13(7-5-12)24-18(28)25-17(8-27-11-22-10-23-27)26-29-9-14-15(20)2-1-3-16(14)21/h1-7,10-11H,8-9H2,(H2,24,25,26,28). The number of carbonyl (C=O) groups is 1. The van der Waals surface area contributed by atoms with E-state index in [9.17, 15) is 4.79 Å². The lowest BCUT2D eigenvalue weighted by atomic mass is 10.2. The van der Waals surface area contributed by atoms with Gasteiger partial charge in [0, 0.05) is 26.3 Å². The van der Waals surface area contributed by atoms with Gasteiger partial charge in [0.15, 0.2) is 5.84 Å². The molecule has 11 heteroatoms. The van der Waals surface area contributed by atoms with Crippen LogP contribution >= 0.6 is 34.8 Å². The van der Waals surface area contributed by atoms with E-state index in [1.54, 1.807) is 42.5 Å². The van der Waals surface area contributed by atoms with Crippen molar-refractivity contribution < 1.29 is 9.63 Å². The van der Waals surface area contributed by atoms with Crippen LogP contribution in [-0.4, -0.2) is 26.6 Å². The van der Waals surface area contributed by atoms with E-state index in [1.165, 1.54) is 17.3 Å². The van der Waals surface area contributed by atoms with Crippen LogP contribution in [0.3, 0.4) is 0 Å². The zero-order valence-electron chi connectivity index (χ0n) is 14.8. The van der Waals surface area contributed by atoms with Crippen LogP contribution in [0.15, 0.2) is 60.3 Å². The Bertz CT molecular complexity index is 973. The van der Waals surface area contributed by atoms with Crippen molar-refractivity contribution >= 4 is 52.4 Å². The van der Waals surface area contributed by atoms with Crippen molar-refractivity contribution in [1.29, 1.82) is 0 Å². The fourth-order valence-corrected chi connectivity index (χ4v) is 2.86. The SMILES string of the molecule is O=C(NC(Cn1cncn1)=NOCc1c(Cl)cccc1Cl)Nc1ccc(Cl)cc1. The summed E-state index contributed by atoms with van der Waals surface area (Å²) in [5, 5.41) is 14.8. The molecule has 2 amide bonds. The highest BCUT2D eigenvalue weighted by Crippen LogP contribution is 2.24. The van der Waals surface area contributed by atoms with E-state index < -0.39 is 6.03 Å². The molecule has 150 valence electrons. The van der Waals surface area contributed by atoms with Crippen molar-refractivity contribution in [3.05, 3.63) is 75.8 Å². The molecule has 1 aromatic heterocycles. The van der Waals surface area contributed by atoms with Crippen molar-refractivity contribution in [2.45, 2.75) is 13.2 Å². The van der Waals surface area contributed by atoms with Gasteiger partial charge in [-0.1, -0.05) is 46.0 Å². The first-order chi connectivity index (χ1) is 14.0. The van der Waals surface area contributed by atoms with Crippen LogP contribution in [0.5, 0.6) is 0 Å². The molecule has 3 aromatic rings. The maximum absolute atomic E-state index is 12.3. The fraction of sp³-hybridized carbons (Fsp3) is 0.111. The molecular formula is C18H15Cl3N6O2.